The van der Waals surface area contributed by atoms with E-state index in [9.17, 15) is 9.18 Å². The second kappa shape index (κ2) is 6.51. The van der Waals surface area contributed by atoms with Gasteiger partial charge in [0.1, 0.15) is 17.6 Å². The van der Waals surface area contributed by atoms with Crippen molar-refractivity contribution in [3.8, 4) is 0 Å². The molecule has 1 unspecified atom stereocenters. The minimum Gasteiger partial charge on any atom is -0.357 e. The first-order valence-corrected chi connectivity index (χ1v) is 8.22. The van der Waals surface area contributed by atoms with Crippen LogP contribution in [-0.4, -0.2) is 32.5 Å². The van der Waals surface area contributed by atoms with Crippen molar-refractivity contribution in [1.82, 2.24) is 20.0 Å². The molecule has 1 amide bonds. The summed E-state index contributed by atoms with van der Waals surface area (Å²) >= 11 is 0. The largest absolute Gasteiger partial charge is 0.357 e. The van der Waals surface area contributed by atoms with Crippen molar-refractivity contribution in [3.05, 3.63) is 71.4 Å². The predicted molar refractivity (Wildman–Crippen MR) is 87.3 cm³/mol. The molecule has 1 fully saturated rings. The SMILES string of the molecule is O=C(c1ccc[nH]1)N1CCCC1c1nc(Cc2ccc(F)cc2)no1. The summed E-state index contributed by atoms with van der Waals surface area (Å²) in [6, 6.07) is 9.56. The van der Waals surface area contributed by atoms with Crippen molar-refractivity contribution < 1.29 is 13.7 Å². The lowest BCUT2D eigenvalue weighted by Crippen LogP contribution is -2.31. The van der Waals surface area contributed by atoms with E-state index in [-0.39, 0.29) is 17.8 Å². The molecule has 4 rings (SSSR count). The number of carbonyl (C=O) groups is 1. The van der Waals surface area contributed by atoms with Crippen LogP contribution in [0.3, 0.4) is 0 Å². The molecule has 0 bridgehead atoms. The Morgan fingerprint density at radius 3 is 2.92 bits per heavy atom. The molecule has 1 aliphatic rings. The van der Waals surface area contributed by atoms with Gasteiger partial charge in [-0.05, 0) is 42.7 Å². The Balaban J connectivity index is 1.50. The van der Waals surface area contributed by atoms with Crippen molar-refractivity contribution in [1.29, 1.82) is 0 Å². The molecule has 1 aromatic carbocycles. The zero-order valence-electron chi connectivity index (χ0n) is 13.5. The Morgan fingerprint density at radius 1 is 1.32 bits per heavy atom. The minimum atomic E-state index is -0.276. The van der Waals surface area contributed by atoms with Gasteiger partial charge in [0, 0.05) is 19.2 Å². The topological polar surface area (TPSA) is 75.0 Å². The molecule has 0 radical (unpaired) electrons. The fourth-order valence-electron chi connectivity index (χ4n) is 3.14. The highest BCUT2D eigenvalue weighted by Crippen LogP contribution is 2.32. The molecule has 7 heteroatoms. The third kappa shape index (κ3) is 3.17. The summed E-state index contributed by atoms with van der Waals surface area (Å²) in [5.41, 5.74) is 1.46. The first kappa shape index (κ1) is 15.6. The smallest absolute Gasteiger partial charge is 0.270 e. The van der Waals surface area contributed by atoms with E-state index < -0.39 is 0 Å². The molecule has 0 saturated carbocycles. The third-order valence-electron chi connectivity index (χ3n) is 4.39. The molecule has 1 aliphatic heterocycles. The summed E-state index contributed by atoms with van der Waals surface area (Å²) in [5.74, 6) is 0.642. The Labute approximate surface area is 143 Å². The van der Waals surface area contributed by atoms with Crippen LogP contribution in [0.4, 0.5) is 4.39 Å². The molecule has 2 aromatic heterocycles. The number of aromatic amines is 1. The average Bonchev–Trinajstić information content (AvgIpc) is 3.37. The summed E-state index contributed by atoms with van der Waals surface area (Å²) < 4.78 is 18.4. The fraction of sp³-hybridized carbons (Fsp3) is 0.278. The highest BCUT2D eigenvalue weighted by atomic mass is 19.1. The van der Waals surface area contributed by atoms with E-state index in [4.69, 9.17) is 4.52 Å². The Morgan fingerprint density at radius 2 is 2.16 bits per heavy atom. The Bertz CT molecular complexity index is 858. The molecule has 1 saturated heterocycles. The number of carbonyl (C=O) groups excluding carboxylic acids is 1. The van der Waals surface area contributed by atoms with Gasteiger partial charge in [-0.2, -0.15) is 4.98 Å². The van der Waals surface area contributed by atoms with Crippen LogP contribution in [0.5, 0.6) is 0 Å². The zero-order valence-corrected chi connectivity index (χ0v) is 13.5. The number of hydrogen-bond acceptors (Lipinski definition) is 4. The van der Waals surface area contributed by atoms with Crippen LogP contribution in [0.1, 0.15) is 46.7 Å². The number of halogens is 1. The van der Waals surface area contributed by atoms with Gasteiger partial charge < -0.3 is 14.4 Å². The van der Waals surface area contributed by atoms with Gasteiger partial charge in [-0.25, -0.2) is 4.39 Å². The maximum atomic E-state index is 13.0. The first-order valence-electron chi connectivity index (χ1n) is 8.22. The molecule has 0 spiro atoms. The van der Waals surface area contributed by atoms with E-state index in [0.717, 1.165) is 18.4 Å². The van der Waals surface area contributed by atoms with Crippen molar-refractivity contribution in [3.63, 3.8) is 0 Å². The van der Waals surface area contributed by atoms with Crippen molar-refractivity contribution >= 4 is 5.91 Å². The van der Waals surface area contributed by atoms with Crippen LogP contribution in [0, 0.1) is 5.82 Å². The van der Waals surface area contributed by atoms with Gasteiger partial charge >= 0.3 is 0 Å². The van der Waals surface area contributed by atoms with Gasteiger partial charge in [0.25, 0.3) is 5.91 Å². The quantitative estimate of drug-likeness (QED) is 0.792. The van der Waals surface area contributed by atoms with Gasteiger partial charge in [0.05, 0.1) is 0 Å². The van der Waals surface area contributed by atoms with E-state index in [0.29, 0.717) is 30.4 Å². The second-order valence-corrected chi connectivity index (χ2v) is 6.09. The molecule has 0 aliphatic carbocycles. The maximum absolute atomic E-state index is 13.0. The lowest BCUT2D eigenvalue weighted by Gasteiger charge is -2.21. The minimum absolute atomic E-state index is 0.0641. The normalized spacial score (nSPS) is 17.2. The monoisotopic (exact) mass is 340 g/mol. The number of H-pyrrole nitrogens is 1. The number of nitrogens with one attached hydrogen (secondary N) is 1. The molecule has 3 heterocycles. The molecule has 128 valence electrons. The number of hydrogen-bond donors (Lipinski definition) is 1. The lowest BCUT2D eigenvalue weighted by atomic mass is 10.1. The van der Waals surface area contributed by atoms with E-state index in [1.54, 1.807) is 35.4 Å². The summed E-state index contributed by atoms with van der Waals surface area (Å²) in [6.07, 6.45) is 3.88. The van der Waals surface area contributed by atoms with Crippen LogP contribution in [-0.2, 0) is 6.42 Å². The van der Waals surface area contributed by atoms with Crippen LogP contribution in [0.15, 0.2) is 47.1 Å². The van der Waals surface area contributed by atoms with Gasteiger partial charge in [0.15, 0.2) is 5.82 Å². The Kier molecular flexibility index (Phi) is 4.05. The fourth-order valence-corrected chi connectivity index (χ4v) is 3.14. The second-order valence-electron chi connectivity index (χ2n) is 6.09. The molecule has 3 aromatic rings. The van der Waals surface area contributed by atoms with Gasteiger partial charge in [-0.3, -0.25) is 4.79 Å². The number of aromatic nitrogens is 3. The van der Waals surface area contributed by atoms with E-state index >= 15 is 0 Å². The van der Waals surface area contributed by atoms with E-state index in [2.05, 4.69) is 15.1 Å². The highest BCUT2D eigenvalue weighted by Gasteiger charge is 2.34. The molecule has 1 N–H and O–H groups in total. The molecule has 6 nitrogen and oxygen atoms in total. The summed E-state index contributed by atoms with van der Waals surface area (Å²) in [7, 11) is 0. The number of rotatable bonds is 4. The third-order valence-corrected chi connectivity index (χ3v) is 4.39. The van der Waals surface area contributed by atoms with Crippen molar-refractivity contribution in [2.75, 3.05) is 6.54 Å². The van der Waals surface area contributed by atoms with Gasteiger partial charge in [-0.1, -0.05) is 17.3 Å². The predicted octanol–water partition coefficient (Wildman–Crippen LogP) is 3.10. The van der Waals surface area contributed by atoms with Gasteiger partial charge in [0.2, 0.25) is 5.89 Å². The number of amides is 1. The molecule has 1 atom stereocenters. The standard InChI is InChI=1S/C18H17FN4O2/c19-13-7-5-12(6-8-13)11-16-21-17(25-22-16)15-4-2-10-23(15)18(24)14-3-1-9-20-14/h1,3,5-9,15,20H,2,4,10-11H2. The lowest BCUT2D eigenvalue weighted by molar-refractivity contribution is 0.0705. The number of nitrogens with zero attached hydrogens (tertiary/aromatic N) is 3. The number of likely N-dealkylation sites (tertiary alicyclic amines) is 1. The summed E-state index contributed by atoms with van der Waals surface area (Å²) in [6.45, 7) is 0.665. The van der Waals surface area contributed by atoms with Crippen LogP contribution >= 0.6 is 0 Å². The molecule has 25 heavy (non-hydrogen) atoms. The first-order chi connectivity index (χ1) is 12.2. The zero-order chi connectivity index (χ0) is 17.2. The Hall–Kier alpha value is -2.96. The van der Waals surface area contributed by atoms with E-state index in [1.807, 2.05) is 0 Å². The highest BCUT2D eigenvalue weighted by molar-refractivity contribution is 5.92. The van der Waals surface area contributed by atoms with Crippen LogP contribution in [0.25, 0.3) is 0 Å². The van der Waals surface area contributed by atoms with Crippen molar-refractivity contribution in [2.45, 2.75) is 25.3 Å². The summed E-state index contributed by atoms with van der Waals surface area (Å²) in [5, 5.41) is 4.01. The summed E-state index contributed by atoms with van der Waals surface area (Å²) in [4.78, 5) is 21.7. The van der Waals surface area contributed by atoms with Crippen LogP contribution in [0.2, 0.25) is 0 Å². The van der Waals surface area contributed by atoms with Crippen molar-refractivity contribution in [2.24, 2.45) is 0 Å². The number of benzene rings is 1. The average molecular weight is 340 g/mol. The molecular formula is C18H17FN4O2. The van der Waals surface area contributed by atoms with E-state index in [1.165, 1.54) is 12.1 Å². The maximum Gasteiger partial charge on any atom is 0.270 e. The molecular weight excluding hydrogens is 323 g/mol. The van der Waals surface area contributed by atoms with Gasteiger partial charge in [-0.15, -0.1) is 0 Å². The van der Waals surface area contributed by atoms with Crippen LogP contribution < -0.4 is 0 Å².